The van der Waals surface area contributed by atoms with Crippen LogP contribution in [-0.4, -0.2) is 56.3 Å². The van der Waals surface area contributed by atoms with E-state index in [1.165, 1.54) is 16.4 Å². The molecule has 0 bridgehead atoms. The summed E-state index contributed by atoms with van der Waals surface area (Å²) >= 11 is 5.90. The molecule has 140 valence electrons. The summed E-state index contributed by atoms with van der Waals surface area (Å²) in [4.78, 5) is 14.8. The zero-order valence-corrected chi connectivity index (χ0v) is 16.3. The lowest BCUT2D eigenvalue weighted by molar-refractivity contribution is -0.143. The molecule has 2 N–H and O–H groups in total. The van der Waals surface area contributed by atoms with Crippen molar-refractivity contribution in [1.29, 1.82) is 0 Å². The molecule has 6 nitrogen and oxygen atoms in total. The highest BCUT2D eigenvalue weighted by Gasteiger charge is 2.39. The minimum Gasteiger partial charge on any atom is -0.340 e. The van der Waals surface area contributed by atoms with Crippen molar-refractivity contribution >= 4 is 27.5 Å². The number of hydrogen-bond donors (Lipinski definition) is 1. The summed E-state index contributed by atoms with van der Waals surface area (Å²) in [6.45, 7) is 5.53. The number of rotatable bonds is 6. The molecule has 1 aliphatic heterocycles. The zero-order valence-electron chi connectivity index (χ0n) is 14.7. The molecule has 0 radical (unpaired) electrons. The quantitative estimate of drug-likeness (QED) is 0.808. The molecule has 0 saturated carbocycles. The van der Waals surface area contributed by atoms with Gasteiger partial charge in [0.15, 0.2) is 0 Å². The first-order valence-electron chi connectivity index (χ1n) is 8.56. The van der Waals surface area contributed by atoms with Crippen LogP contribution in [0.25, 0.3) is 0 Å². The van der Waals surface area contributed by atoms with Gasteiger partial charge in [0.2, 0.25) is 15.9 Å². The Morgan fingerprint density at radius 3 is 2.28 bits per heavy atom. The van der Waals surface area contributed by atoms with E-state index in [4.69, 9.17) is 17.3 Å². The molecular weight excluding hydrogens is 362 g/mol. The molecule has 1 heterocycles. The van der Waals surface area contributed by atoms with Crippen LogP contribution in [0.4, 0.5) is 0 Å². The van der Waals surface area contributed by atoms with E-state index in [9.17, 15) is 13.2 Å². The molecular formula is C17H26ClN3O3S. The minimum absolute atomic E-state index is 0.0276. The van der Waals surface area contributed by atoms with Gasteiger partial charge in [-0.25, -0.2) is 8.42 Å². The summed E-state index contributed by atoms with van der Waals surface area (Å²) in [6, 6.07) is 6.24. The van der Waals surface area contributed by atoms with Gasteiger partial charge in [-0.1, -0.05) is 31.5 Å². The van der Waals surface area contributed by atoms with Crippen LogP contribution < -0.4 is 5.73 Å². The van der Waals surface area contributed by atoms with Crippen molar-refractivity contribution in [1.82, 2.24) is 9.21 Å². The Hall–Kier alpha value is -1.15. The molecule has 1 aromatic carbocycles. The number of halogens is 1. The number of hydrogen-bond acceptors (Lipinski definition) is 4. The van der Waals surface area contributed by atoms with Crippen molar-refractivity contribution in [2.45, 2.75) is 31.6 Å². The van der Waals surface area contributed by atoms with Crippen LogP contribution in [0, 0.1) is 5.41 Å². The lowest BCUT2D eigenvalue weighted by atomic mass is 9.81. The first-order chi connectivity index (χ1) is 11.8. The number of nitrogens with zero attached hydrogens (tertiary/aromatic N) is 2. The van der Waals surface area contributed by atoms with E-state index < -0.39 is 15.4 Å². The van der Waals surface area contributed by atoms with Crippen molar-refractivity contribution in [3.8, 4) is 0 Å². The van der Waals surface area contributed by atoms with Gasteiger partial charge in [-0.3, -0.25) is 4.79 Å². The van der Waals surface area contributed by atoms with Gasteiger partial charge >= 0.3 is 0 Å². The summed E-state index contributed by atoms with van der Waals surface area (Å²) in [7, 11) is -3.60. The monoisotopic (exact) mass is 387 g/mol. The Balaban J connectivity index is 2.10. The maximum Gasteiger partial charge on any atom is 0.243 e. The normalized spacial score (nSPS) is 16.9. The molecule has 1 fully saturated rings. The largest absolute Gasteiger partial charge is 0.340 e. The fraction of sp³-hybridized carbons (Fsp3) is 0.588. The van der Waals surface area contributed by atoms with Crippen molar-refractivity contribution in [2.24, 2.45) is 11.1 Å². The predicted octanol–water partition coefficient (Wildman–Crippen LogP) is 1.94. The van der Waals surface area contributed by atoms with E-state index in [-0.39, 0.29) is 23.9 Å². The molecule has 0 atom stereocenters. The second kappa shape index (κ2) is 8.03. The fourth-order valence-corrected chi connectivity index (χ4v) is 4.90. The lowest BCUT2D eigenvalue weighted by Crippen LogP contribution is -2.55. The molecule has 25 heavy (non-hydrogen) atoms. The van der Waals surface area contributed by atoms with Crippen molar-refractivity contribution in [3.05, 3.63) is 29.3 Å². The molecule has 1 saturated heterocycles. The molecule has 0 spiro atoms. The summed E-state index contributed by atoms with van der Waals surface area (Å²) < 4.78 is 26.9. The maximum atomic E-state index is 12.8. The first-order valence-corrected chi connectivity index (χ1v) is 10.4. The van der Waals surface area contributed by atoms with E-state index in [0.29, 0.717) is 37.5 Å². The van der Waals surface area contributed by atoms with Crippen LogP contribution in [-0.2, 0) is 14.8 Å². The van der Waals surface area contributed by atoms with Crippen LogP contribution in [0.3, 0.4) is 0 Å². The van der Waals surface area contributed by atoms with Gasteiger partial charge in [0.05, 0.1) is 10.3 Å². The van der Waals surface area contributed by atoms with Gasteiger partial charge < -0.3 is 10.6 Å². The SMILES string of the molecule is CCC(CC)(CN)C(=O)N1CCN(S(=O)(=O)c2cccc(Cl)c2)CC1. The average molecular weight is 388 g/mol. The minimum atomic E-state index is -3.60. The van der Waals surface area contributed by atoms with E-state index in [1.807, 2.05) is 13.8 Å². The Labute approximate surface area is 155 Å². The van der Waals surface area contributed by atoms with Crippen LogP contribution in [0.1, 0.15) is 26.7 Å². The molecule has 8 heteroatoms. The molecule has 2 rings (SSSR count). The third-order valence-corrected chi connectivity index (χ3v) is 7.29. The summed E-state index contributed by atoms with van der Waals surface area (Å²) in [5.74, 6) is 0.0276. The highest BCUT2D eigenvalue weighted by molar-refractivity contribution is 7.89. The van der Waals surface area contributed by atoms with Gasteiger partial charge in [-0.05, 0) is 31.0 Å². The molecule has 0 aliphatic carbocycles. The molecule has 1 amide bonds. The number of piperazine rings is 1. The number of sulfonamides is 1. The van der Waals surface area contributed by atoms with Crippen molar-refractivity contribution < 1.29 is 13.2 Å². The van der Waals surface area contributed by atoms with Gasteiger partial charge in [0, 0.05) is 37.7 Å². The van der Waals surface area contributed by atoms with Crippen LogP contribution in [0.15, 0.2) is 29.2 Å². The second-order valence-electron chi connectivity index (χ2n) is 6.35. The number of amides is 1. The number of nitrogens with two attached hydrogens (primary N) is 1. The Bertz CT molecular complexity index is 703. The second-order valence-corrected chi connectivity index (χ2v) is 8.72. The third kappa shape index (κ3) is 4.00. The topological polar surface area (TPSA) is 83.7 Å². The van der Waals surface area contributed by atoms with Crippen LogP contribution in [0.2, 0.25) is 5.02 Å². The predicted molar refractivity (Wildman–Crippen MR) is 98.9 cm³/mol. The first kappa shape index (κ1) is 20.2. The maximum absolute atomic E-state index is 12.8. The highest BCUT2D eigenvalue weighted by Crippen LogP contribution is 2.29. The Morgan fingerprint density at radius 2 is 1.80 bits per heavy atom. The zero-order chi connectivity index (χ0) is 18.7. The van der Waals surface area contributed by atoms with Crippen molar-refractivity contribution in [2.75, 3.05) is 32.7 Å². The highest BCUT2D eigenvalue weighted by atomic mass is 35.5. The smallest absolute Gasteiger partial charge is 0.243 e. The number of benzene rings is 1. The average Bonchev–Trinajstić information content (AvgIpc) is 2.63. The summed E-state index contributed by atoms with van der Waals surface area (Å²) in [5.41, 5.74) is 5.31. The Morgan fingerprint density at radius 1 is 1.20 bits per heavy atom. The number of carbonyl (C=O) groups excluding carboxylic acids is 1. The fourth-order valence-electron chi connectivity index (χ4n) is 3.17. The Kier molecular flexibility index (Phi) is 6.48. The van der Waals surface area contributed by atoms with Crippen LogP contribution in [0.5, 0.6) is 0 Å². The van der Waals surface area contributed by atoms with Crippen LogP contribution >= 0.6 is 11.6 Å². The standard InChI is InChI=1S/C17H26ClN3O3S/c1-3-17(4-2,13-19)16(22)20-8-10-21(11-9-20)25(23,24)15-7-5-6-14(18)12-15/h5-7,12H,3-4,8-11,13,19H2,1-2H3. The summed E-state index contributed by atoms with van der Waals surface area (Å²) in [6.07, 6.45) is 1.36. The van der Waals surface area contributed by atoms with Gasteiger partial charge in [0.1, 0.15) is 0 Å². The van der Waals surface area contributed by atoms with Crippen molar-refractivity contribution in [3.63, 3.8) is 0 Å². The summed E-state index contributed by atoms with van der Waals surface area (Å²) in [5, 5.41) is 0.383. The lowest BCUT2D eigenvalue weighted by Gasteiger charge is -2.39. The van der Waals surface area contributed by atoms with Gasteiger partial charge in [0.25, 0.3) is 0 Å². The molecule has 0 aromatic heterocycles. The van der Waals surface area contributed by atoms with E-state index in [1.54, 1.807) is 17.0 Å². The molecule has 0 unspecified atom stereocenters. The third-order valence-electron chi connectivity index (χ3n) is 5.16. The van der Waals surface area contributed by atoms with E-state index >= 15 is 0 Å². The van der Waals surface area contributed by atoms with E-state index in [2.05, 4.69) is 0 Å². The van der Waals surface area contributed by atoms with Gasteiger partial charge in [-0.2, -0.15) is 4.31 Å². The molecule has 1 aromatic rings. The number of carbonyl (C=O) groups is 1. The van der Waals surface area contributed by atoms with E-state index in [0.717, 1.165) is 0 Å². The molecule has 1 aliphatic rings. The van der Waals surface area contributed by atoms with Gasteiger partial charge in [-0.15, -0.1) is 0 Å².